The number of fused-ring (bicyclic) bond motifs is 4. The molecule has 5 rings (SSSR count). The number of Topliss-reactive ketones (excluding diaryl/α,β-unsaturated/α-hetero) is 2. The number of nitrogens with one attached hydrogen (secondary N) is 1. The van der Waals surface area contributed by atoms with E-state index in [2.05, 4.69) is 11.4 Å². The molecule has 1 atom stereocenters. The van der Waals surface area contributed by atoms with Gasteiger partial charge in [0.15, 0.2) is 17.3 Å². The number of aliphatic hydroxyl groups excluding tert-OH is 1. The van der Waals surface area contributed by atoms with E-state index in [1.165, 1.54) is 33.1 Å². The standard InChI is InChI=1S/C30H27NO7/c1-14-6-8-17-9-7-15(2)19(18(17)10-14)13-31-29(36)25-22(37-5)11-21(34)26-27(25)38-23-12-20(33)24(16(3)32)28(35)30(23,26)4/h6-12,33-34H,13H2,1-5H3,(H,31,36)/t30-/m1/s1. The lowest BCUT2D eigenvalue weighted by Gasteiger charge is -2.27. The van der Waals surface area contributed by atoms with Crippen molar-refractivity contribution < 1.29 is 34.1 Å². The first kappa shape index (κ1) is 25.1. The van der Waals surface area contributed by atoms with E-state index in [9.17, 15) is 24.6 Å². The molecule has 2 aliphatic rings. The predicted molar refractivity (Wildman–Crippen MR) is 141 cm³/mol. The number of hydrogen-bond donors (Lipinski definition) is 3. The Morgan fingerprint density at radius 2 is 1.82 bits per heavy atom. The van der Waals surface area contributed by atoms with E-state index in [-0.39, 0.29) is 40.7 Å². The van der Waals surface area contributed by atoms with Crippen molar-refractivity contribution in [3.8, 4) is 17.2 Å². The summed E-state index contributed by atoms with van der Waals surface area (Å²) >= 11 is 0. The predicted octanol–water partition coefficient (Wildman–Crippen LogP) is 4.62. The van der Waals surface area contributed by atoms with Crippen LogP contribution in [0.3, 0.4) is 0 Å². The van der Waals surface area contributed by atoms with Crippen LogP contribution in [0.5, 0.6) is 17.2 Å². The lowest BCUT2D eigenvalue weighted by molar-refractivity contribution is -0.123. The Balaban J connectivity index is 1.59. The monoisotopic (exact) mass is 513 g/mol. The van der Waals surface area contributed by atoms with Gasteiger partial charge in [0.2, 0.25) is 0 Å². The number of aliphatic hydroxyl groups is 1. The van der Waals surface area contributed by atoms with Gasteiger partial charge < -0.3 is 25.0 Å². The molecule has 3 aromatic carbocycles. The summed E-state index contributed by atoms with van der Waals surface area (Å²) in [6.07, 6.45) is 1.17. The van der Waals surface area contributed by atoms with Gasteiger partial charge in [-0.2, -0.15) is 0 Å². The second-order valence-electron chi connectivity index (χ2n) is 9.83. The Morgan fingerprint density at radius 1 is 1.11 bits per heavy atom. The SMILES string of the molecule is COc1cc(O)c2c(c1C(=O)NCc1c(C)ccc3ccc(C)cc13)OC1=CC(O)=C(C(C)=O)C(=O)[C@]12C. The normalized spacial score (nSPS) is 18.0. The largest absolute Gasteiger partial charge is 0.507 e. The summed E-state index contributed by atoms with van der Waals surface area (Å²) in [5.41, 5.74) is 1.07. The number of amides is 1. The lowest BCUT2D eigenvalue weighted by atomic mass is 9.71. The summed E-state index contributed by atoms with van der Waals surface area (Å²) in [6.45, 7) is 6.84. The van der Waals surface area contributed by atoms with Gasteiger partial charge in [0, 0.05) is 18.7 Å². The molecule has 0 spiro atoms. The molecule has 0 unspecified atom stereocenters. The first-order valence-electron chi connectivity index (χ1n) is 12.1. The number of rotatable bonds is 5. The van der Waals surface area contributed by atoms with Gasteiger partial charge in [-0.05, 0) is 49.6 Å². The summed E-state index contributed by atoms with van der Waals surface area (Å²) in [7, 11) is 1.35. The van der Waals surface area contributed by atoms with Crippen LogP contribution in [0.4, 0.5) is 0 Å². The summed E-state index contributed by atoms with van der Waals surface area (Å²) in [5.74, 6) is -2.77. The van der Waals surface area contributed by atoms with Gasteiger partial charge in [0.25, 0.3) is 5.91 Å². The fourth-order valence-corrected chi connectivity index (χ4v) is 5.32. The molecule has 0 aromatic heterocycles. The minimum Gasteiger partial charge on any atom is -0.507 e. The summed E-state index contributed by atoms with van der Waals surface area (Å²) in [4.78, 5) is 39.2. The molecule has 3 aromatic rings. The van der Waals surface area contributed by atoms with E-state index in [0.717, 1.165) is 27.5 Å². The van der Waals surface area contributed by atoms with Gasteiger partial charge in [0.1, 0.15) is 39.6 Å². The Morgan fingerprint density at radius 3 is 2.50 bits per heavy atom. The third kappa shape index (κ3) is 3.55. The zero-order valence-electron chi connectivity index (χ0n) is 21.7. The van der Waals surface area contributed by atoms with E-state index in [1.807, 2.05) is 38.1 Å². The maximum Gasteiger partial charge on any atom is 0.259 e. The molecule has 8 heteroatoms. The van der Waals surface area contributed by atoms with Crippen LogP contribution in [0.15, 0.2) is 59.6 Å². The number of aromatic hydroxyl groups is 1. The third-order valence-corrected chi connectivity index (χ3v) is 7.38. The summed E-state index contributed by atoms with van der Waals surface area (Å²) in [6, 6.07) is 11.4. The zero-order chi connectivity index (χ0) is 27.5. The minimum atomic E-state index is -1.61. The highest BCUT2D eigenvalue weighted by molar-refractivity contribution is 6.25. The lowest BCUT2D eigenvalue weighted by Crippen LogP contribution is -2.38. The molecule has 38 heavy (non-hydrogen) atoms. The Labute approximate surface area is 219 Å². The zero-order valence-corrected chi connectivity index (χ0v) is 21.7. The van der Waals surface area contributed by atoms with Gasteiger partial charge in [-0.1, -0.05) is 35.9 Å². The smallest absolute Gasteiger partial charge is 0.259 e. The van der Waals surface area contributed by atoms with Crippen LogP contribution >= 0.6 is 0 Å². The van der Waals surface area contributed by atoms with Crippen LogP contribution < -0.4 is 14.8 Å². The van der Waals surface area contributed by atoms with Crippen molar-refractivity contribution in [1.29, 1.82) is 0 Å². The Hall–Kier alpha value is -4.59. The van der Waals surface area contributed by atoms with Crippen molar-refractivity contribution in [2.75, 3.05) is 7.11 Å². The van der Waals surface area contributed by atoms with Crippen molar-refractivity contribution in [3.63, 3.8) is 0 Å². The van der Waals surface area contributed by atoms with Gasteiger partial charge in [-0.3, -0.25) is 14.4 Å². The van der Waals surface area contributed by atoms with Crippen molar-refractivity contribution in [2.24, 2.45) is 0 Å². The number of ketones is 2. The number of carbonyl (C=O) groups excluding carboxylic acids is 3. The van der Waals surface area contributed by atoms with Crippen molar-refractivity contribution in [3.05, 3.63) is 87.4 Å². The Kier molecular flexibility index (Phi) is 5.78. The first-order chi connectivity index (χ1) is 18.0. The molecule has 1 heterocycles. The first-order valence-corrected chi connectivity index (χ1v) is 12.1. The number of methoxy groups -OCH3 is 1. The highest BCUT2D eigenvalue weighted by atomic mass is 16.5. The third-order valence-electron chi connectivity index (χ3n) is 7.38. The number of allylic oxidation sites excluding steroid dienone is 3. The number of phenols is 1. The molecular formula is C30H27NO7. The summed E-state index contributed by atoms with van der Waals surface area (Å²) in [5, 5.41) is 26.3. The topological polar surface area (TPSA) is 122 Å². The number of benzene rings is 3. The van der Waals surface area contributed by atoms with Crippen LogP contribution in [0, 0.1) is 13.8 Å². The summed E-state index contributed by atoms with van der Waals surface area (Å²) < 4.78 is 11.4. The number of carbonyl (C=O) groups is 3. The molecule has 1 aliphatic heterocycles. The molecular weight excluding hydrogens is 486 g/mol. The molecule has 1 aliphatic carbocycles. The fraction of sp³-hybridized carbons (Fsp3) is 0.233. The molecule has 194 valence electrons. The van der Waals surface area contributed by atoms with E-state index in [4.69, 9.17) is 9.47 Å². The number of phenolic OH excluding ortho intramolecular Hbond substituents is 1. The van der Waals surface area contributed by atoms with Gasteiger partial charge in [0.05, 0.1) is 12.7 Å². The molecule has 0 radical (unpaired) electrons. The van der Waals surface area contributed by atoms with Crippen LogP contribution in [0.1, 0.15) is 46.5 Å². The van der Waals surface area contributed by atoms with Crippen molar-refractivity contribution in [2.45, 2.75) is 39.7 Å². The molecule has 0 saturated carbocycles. The van der Waals surface area contributed by atoms with Crippen molar-refractivity contribution >= 4 is 28.2 Å². The van der Waals surface area contributed by atoms with Gasteiger partial charge in [-0.25, -0.2) is 0 Å². The van der Waals surface area contributed by atoms with Crippen LogP contribution in [-0.2, 0) is 21.5 Å². The molecule has 0 fully saturated rings. The average molecular weight is 514 g/mol. The number of aryl methyl sites for hydroxylation is 2. The average Bonchev–Trinajstić information content (AvgIpc) is 3.16. The highest BCUT2D eigenvalue weighted by Crippen LogP contribution is 2.56. The van der Waals surface area contributed by atoms with Gasteiger partial charge >= 0.3 is 0 Å². The molecule has 3 N–H and O–H groups in total. The van der Waals surface area contributed by atoms with E-state index in [0.29, 0.717) is 0 Å². The number of ether oxygens (including phenoxy) is 2. The second kappa shape index (κ2) is 8.76. The van der Waals surface area contributed by atoms with Crippen LogP contribution in [0.25, 0.3) is 10.8 Å². The molecule has 8 nitrogen and oxygen atoms in total. The van der Waals surface area contributed by atoms with E-state index < -0.39 is 34.2 Å². The van der Waals surface area contributed by atoms with Gasteiger partial charge in [-0.15, -0.1) is 0 Å². The highest BCUT2D eigenvalue weighted by Gasteiger charge is 2.55. The van der Waals surface area contributed by atoms with Crippen LogP contribution in [-0.4, -0.2) is 34.8 Å². The van der Waals surface area contributed by atoms with Crippen LogP contribution in [0.2, 0.25) is 0 Å². The minimum absolute atomic E-state index is 0.00187. The van der Waals surface area contributed by atoms with Crippen molar-refractivity contribution in [1.82, 2.24) is 5.32 Å². The quantitative estimate of drug-likeness (QED) is 0.426. The molecule has 1 amide bonds. The molecule has 0 bridgehead atoms. The fourth-order valence-electron chi connectivity index (χ4n) is 5.32. The van der Waals surface area contributed by atoms with E-state index in [1.54, 1.807) is 0 Å². The maximum atomic E-state index is 13.6. The number of hydrogen-bond acceptors (Lipinski definition) is 7. The van der Waals surface area contributed by atoms with E-state index >= 15 is 0 Å². The maximum absolute atomic E-state index is 13.6. The second-order valence-corrected chi connectivity index (χ2v) is 9.83. The molecule has 0 saturated heterocycles. The Bertz CT molecular complexity index is 1640.